The molecule has 104 valence electrons. The van der Waals surface area contributed by atoms with Crippen LogP contribution in [0.15, 0.2) is 17.1 Å². The van der Waals surface area contributed by atoms with Gasteiger partial charge in [0.2, 0.25) is 0 Å². The van der Waals surface area contributed by atoms with Crippen LogP contribution in [0.3, 0.4) is 0 Å². The third-order valence-corrected chi connectivity index (χ3v) is 5.20. The molecule has 0 aliphatic heterocycles. The molecule has 1 nitrogen and oxygen atoms in total. The molecule has 0 N–H and O–H groups in total. The van der Waals surface area contributed by atoms with Gasteiger partial charge in [-0.15, -0.1) is 0 Å². The molecule has 0 radical (unpaired) electrons. The third kappa shape index (κ3) is 2.55. The lowest BCUT2D eigenvalue weighted by Crippen LogP contribution is -2.41. The van der Waals surface area contributed by atoms with Crippen molar-refractivity contribution in [2.75, 3.05) is 0 Å². The Labute approximate surface area is 114 Å². The van der Waals surface area contributed by atoms with Crippen molar-refractivity contribution in [1.29, 1.82) is 0 Å². The summed E-state index contributed by atoms with van der Waals surface area (Å²) < 4.78 is 0. The van der Waals surface area contributed by atoms with Gasteiger partial charge in [-0.2, -0.15) is 0 Å². The van der Waals surface area contributed by atoms with E-state index in [1.165, 1.54) is 25.0 Å². The second kappa shape index (κ2) is 6.04. The van der Waals surface area contributed by atoms with Crippen molar-refractivity contribution in [1.82, 2.24) is 0 Å². The number of aliphatic imine (C=N–C) groups is 1. The maximum absolute atomic E-state index is 5.25. The first-order chi connectivity index (χ1) is 8.51. The molecule has 1 aliphatic carbocycles. The largest absolute Gasteiger partial charge is 0.282 e. The van der Waals surface area contributed by atoms with Crippen LogP contribution < -0.4 is 0 Å². The predicted octanol–water partition coefficient (Wildman–Crippen LogP) is 5.41. The van der Waals surface area contributed by atoms with Crippen LogP contribution in [0.1, 0.15) is 73.6 Å². The zero-order valence-corrected chi connectivity index (χ0v) is 13.2. The Morgan fingerprint density at radius 3 is 2.06 bits per heavy atom. The van der Waals surface area contributed by atoms with Crippen LogP contribution in [-0.4, -0.2) is 11.3 Å². The summed E-state index contributed by atoms with van der Waals surface area (Å²) in [5, 5.41) is 0. The Bertz CT molecular complexity index is 323. The highest BCUT2D eigenvalue weighted by Crippen LogP contribution is 2.41. The normalized spacial score (nSPS) is 28.3. The SMILES string of the molecule is CCC(=NC1(CC)C=CC1CC)C(C)(CC)CC. The fraction of sp³-hybridized carbons (Fsp3) is 0.824. The van der Waals surface area contributed by atoms with E-state index in [-0.39, 0.29) is 5.54 Å². The second-order valence-corrected chi connectivity index (χ2v) is 5.90. The molecule has 0 saturated heterocycles. The van der Waals surface area contributed by atoms with Gasteiger partial charge in [0.15, 0.2) is 0 Å². The second-order valence-electron chi connectivity index (χ2n) is 5.90. The monoisotopic (exact) mass is 249 g/mol. The minimum atomic E-state index is 0.117. The van der Waals surface area contributed by atoms with Gasteiger partial charge in [0.1, 0.15) is 0 Å². The number of hydrogen-bond acceptors (Lipinski definition) is 1. The highest BCUT2D eigenvalue weighted by molar-refractivity contribution is 5.90. The molecule has 0 heterocycles. The van der Waals surface area contributed by atoms with Crippen LogP contribution in [0, 0.1) is 11.3 Å². The molecular weight excluding hydrogens is 218 g/mol. The van der Waals surface area contributed by atoms with Crippen LogP contribution in [0.4, 0.5) is 0 Å². The van der Waals surface area contributed by atoms with Crippen LogP contribution >= 0.6 is 0 Å². The van der Waals surface area contributed by atoms with Crippen molar-refractivity contribution in [3.8, 4) is 0 Å². The van der Waals surface area contributed by atoms with E-state index in [9.17, 15) is 0 Å². The molecule has 0 amide bonds. The Hall–Kier alpha value is -0.590. The fourth-order valence-corrected chi connectivity index (χ4v) is 3.07. The molecule has 2 unspecified atom stereocenters. The average Bonchev–Trinajstić information content (AvgIpc) is 2.38. The number of rotatable bonds is 7. The minimum absolute atomic E-state index is 0.117. The van der Waals surface area contributed by atoms with Gasteiger partial charge in [0.25, 0.3) is 0 Å². The minimum Gasteiger partial charge on any atom is -0.282 e. The predicted molar refractivity (Wildman–Crippen MR) is 82.4 cm³/mol. The van der Waals surface area contributed by atoms with Crippen molar-refractivity contribution < 1.29 is 0 Å². The zero-order chi connectivity index (χ0) is 13.8. The molecule has 1 aliphatic rings. The van der Waals surface area contributed by atoms with Gasteiger partial charge in [-0.3, -0.25) is 4.99 Å². The lowest BCUT2D eigenvalue weighted by molar-refractivity contribution is 0.324. The molecule has 0 aromatic heterocycles. The van der Waals surface area contributed by atoms with E-state index in [0.717, 1.165) is 12.8 Å². The molecule has 1 heteroatoms. The van der Waals surface area contributed by atoms with Gasteiger partial charge < -0.3 is 0 Å². The molecule has 18 heavy (non-hydrogen) atoms. The number of hydrogen-bond donors (Lipinski definition) is 0. The zero-order valence-electron chi connectivity index (χ0n) is 13.2. The fourth-order valence-electron chi connectivity index (χ4n) is 3.07. The van der Waals surface area contributed by atoms with Gasteiger partial charge in [0.05, 0.1) is 5.54 Å². The molecule has 0 aromatic carbocycles. The van der Waals surface area contributed by atoms with E-state index in [1.807, 2.05) is 0 Å². The van der Waals surface area contributed by atoms with Crippen LogP contribution in [-0.2, 0) is 0 Å². The summed E-state index contributed by atoms with van der Waals surface area (Å²) in [6, 6.07) is 0. The molecule has 0 aromatic rings. The summed E-state index contributed by atoms with van der Waals surface area (Å²) in [6.07, 6.45) is 10.5. The molecule has 1 rings (SSSR count). The van der Waals surface area contributed by atoms with E-state index >= 15 is 0 Å². The quantitative estimate of drug-likeness (QED) is 0.422. The molecule has 2 atom stereocenters. The summed E-state index contributed by atoms with van der Waals surface area (Å²) in [5.74, 6) is 0.655. The Kier molecular flexibility index (Phi) is 5.19. The molecule has 0 bridgehead atoms. The molecule has 0 spiro atoms. The molecule has 0 saturated carbocycles. The summed E-state index contributed by atoms with van der Waals surface area (Å²) in [7, 11) is 0. The number of nitrogens with zero attached hydrogens (tertiary/aromatic N) is 1. The lowest BCUT2D eigenvalue weighted by Gasteiger charge is -2.42. The van der Waals surface area contributed by atoms with Crippen LogP contribution in [0.5, 0.6) is 0 Å². The van der Waals surface area contributed by atoms with E-state index in [2.05, 4.69) is 53.7 Å². The van der Waals surface area contributed by atoms with Crippen molar-refractivity contribution in [2.24, 2.45) is 16.3 Å². The maximum atomic E-state index is 5.25. The van der Waals surface area contributed by atoms with Crippen molar-refractivity contribution in [2.45, 2.75) is 79.2 Å². The van der Waals surface area contributed by atoms with Crippen LogP contribution in [0.25, 0.3) is 0 Å². The van der Waals surface area contributed by atoms with Gasteiger partial charge >= 0.3 is 0 Å². The first-order valence-electron chi connectivity index (χ1n) is 7.80. The van der Waals surface area contributed by atoms with Gasteiger partial charge in [-0.25, -0.2) is 0 Å². The van der Waals surface area contributed by atoms with E-state index in [0.29, 0.717) is 11.3 Å². The van der Waals surface area contributed by atoms with Crippen molar-refractivity contribution in [3.63, 3.8) is 0 Å². The van der Waals surface area contributed by atoms with E-state index < -0.39 is 0 Å². The summed E-state index contributed by atoms with van der Waals surface area (Å²) >= 11 is 0. The summed E-state index contributed by atoms with van der Waals surface area (Å²) in [6.45, 7) is 13.8. The van der Waals surface area contributed by atoms with Crippen molar-refractivity contribution in [3.05, 3.63) is 12.2 Å². The molecule has 0 fully saturated rings. The topological polar surface area (TPSA) is 12.4 Å². The van der Waals surface area contributed by atoms with Crippen molar-refractivity contribution >= 4 is 5.71 Å². The van der Waals surface area contributed by atoms with Gasteiger partial charge in [-0.05, 0) is 32.1 Å². The van der Waals surface area contributed by atoms with E-state index in [4.69, 9.17) is 4.99 Å². The highest BCUT2D eigenvalue weighted by atomic mass is 14.9. The Balaban J connectivity index is 3.08. The van der Waals surface area contributed by atoms with E-state index in [1.54, 1.807) is 0 Å². The Morgan fingerprint density at radius 1 is 1.17 bits per heavy atom. The summed E-state index contributed by atoms with van der Waals surface area (Å²) in [4.78, 5) is 5.25. The van der Waals surface area contributed by atoms with Gasteiger partial charge in [-0.1, -0.05) is 53.7 Å². The van der Waals surface area contributed by atoms with Crippen LogP contribution in [0.2, 0.25) is 0 Å². The lowest BCUT2D eigenvalue weighted by atomic mass is 9.70. The standard InChI is InChI=1S/C17H31N/c1-7-14-12-13-17(14,11-5)18-15(8-2)16(6,9-3)10-4/h12-14H,7-11H2,1-6H3. The van der Waals surface area contributed by atoms with Gasteiger partial charge in [0, 0.05) is 17.0 Å². The third-order valence-electron chi connectivity index (χ3n) is 5.20. The summed E-state index contributed by atoms with van der Waals surface area (Å²) in [5.41, 5.74) is 1.83. The first kappa shape index (κ1) is 15.5. The first-order valence-corrected chi connectivity index (χ1v) is 7.80. The Morgan fingerprint density at radius 2 is 1.78 bits per heavy atom. The highest BCUT2D eigenvalue weighted by Gasteiger charge is 2.40. The molecular formula is C17H31N. The maximum Gasteiger partial charge on any atom is 0.0846 e. The average molecular weight is 249 g/mol. The smallest absolute Gasteiger partial charge is 0.0846 e.